The average Bonchev–Trinajstić information content (AvgIpc) is 2.55. The SMILES string of the molecule is CCCCCCCCCCCCOC(=O)CC[C@H](N)C(=O)O.O=S(=O)(O)O.[KH]. The number of esters is 1. The van der Waals surface area contributed by atoms with Crippen molar-refractivity contribution in [3.05, 3.63) is 0 Å². The van der Waals surface area contributed by atoms with Gasteiger partial charge in [0, 0.05) is 6.42 Å². The summed E-state index contributed by atoms with van der Waals surface area (Å²) in [6.07, 6.45) is 12.6. The predicted molar refractivity (Wildman–Crippen MR) is 109 cm³/mol. The van der Waals surface area contributed by atoms with E-state index < -0.39 is 22.4 Å². The average molecular weight is 454 g/mol. The first-order valence-corrected chi connectivity index (χ1v) is 10.8. The third kappa shape index (κ3) is 34.0. The van der Waals surface area contributed by atoms with Gasteiger partial charge >= 0.3 is 73.7 Å². The van der Waals surface area contributed by atoms with E-state index in [1.807, 2.05) is 0 Å². The second kappa shape index (κ2) is 22.1. The minimum atomic E-state index is -4.67. The van der Waals surface area contributed by atoms with Crippen LogP contribution in [0.5, 0.6) is 0 Å². The Morgan fingerprint density at radius 3 is 1.71 bits per heavy atom. The van der Waals surface area contributed by atoms with Gasteiger partial charge in [-0.3, -0.25) is 18.7 Å². The molecule has 0 unspecified atom stereocenters. The number of carboxylic acids is 1. The van der Waals surface area contributed by atoms with E-state index in [0.29, 0.717) is 6.61 Å². The molecule has 1 atom stereocenters. The van der Waals surface area contributed by atoms with Crippen molar-refractivity contribution in [1.82, 2.24) is 0 Å². The van der Waals surface area contributed by atoms with E-state index in [4.69, 9.17) is 33.1 Å². The Morgan fingerprint density at radius 1 is 0.929 bits per heavy atom. The number of aliphatic carboxylic acids is 1. The fourth-order valence-corrected chi connectivity index (χ4v) is 2.24. The molecule has 11 heteroatoms. The minimum absolute atomic E-state index is 0. The zero-order valence-corrected chi connectivity index (χ0v) is 17.0. The summed E-state index contributed by atoms with van der Waals surface area (Å²) in [5.74, 6) is -1.44. The Kier molecular flexibility index (Phi) is 26.1. The van der Waals surface area contributed by atoms with Crippen molar-refractivity contribution in [1.29, 1.82) is 0 Å². The quantitative estimate of drug-likeness (QED) is 0.126. The molecule has 164 valence electrons. The standard InChI is InChI=1S/C17H33NO4.K.H2O4S.H/c1-2-3-4-5-6-7-8-9-10-11-14-22-16(19)13-12-15(18)17(20)21;;1-5(2,3)4;/h15H,2-14,18H2,1H3,(H,20,21);;(H2,1,2,3,4);/t15-;;;/m0.../s1. The third-order valence-corrected chi connectivity index (χ3v) is 3.74. The van der Waals surface area contributed by atoms with E-state index in [-0.39, 0.29) is 70.2 Å². The van der Waals surface area contributed by atoms with Crippen LogP contribution < -0.4 is 5.73 Å². The molecule has 5 N–H and O–H groups in total. The van der Waals surface area contributed by atoms with Gasteiger partial charge in [0.15, 0.2) is 0 Å². The first kappa shape index (κ1) is 33.1. The number of nitrogens with two attached hydrogens (primary N) is 1. The van der Waals surface area contributed by atoms with Gasteiger partial charge in [-0.15, -0.1) is 0 Å². The fraction of sp³-hybridized carbons (Fsp3) is 0.882. The van der Waals surface area contributed by atoms with Crippen LogP contribution in [-0.4, -0.2) is 98.6 Å². The van der Waals surface area contributed by atoms with Gasteiger partial charge in [-0.25, -0.2) is 0 Å². The van der Waals surface area contributed by atoms with Crippen LogP contribution in [0.1, 0.15) is 84.0 Å². The second-order valence-electron chi connectivity index (χ2n) is 6.33. The number of hydrogen-bond acceptors (Lipinski definition) is 6. The summed E-state index contributed by atoms with van der Waals surface area (Å²) in [5.41, 5.74) is 5.32. The molecule has 0 heterocycles. The van der Waals surface area contributed by atoms with E-state index in [0.717, 1.165) is 12.8 Å². The second-order valence-corrected chi connectivity index (χ2v) is 7.23. The zero-order chi connectivity index (χ0) is 21.1. The van der Waals surface area contributed by atoms with Crippen LogP contribution >= 0.6 is 0 Å². The molecule has 0 saturated carbocycles. The molecule has 0 spiro atoms. The van der Waals surface area contributed by atoms with Gasteiger partial charge in [-0.2, -0.15) is 8.42 Å². The van der Waals surface area contributed by atoms with Gasteiger partial charge in [0.2, 0.25) is 0 Å². The van der Waals surface area contributed by atoms with Crippen LogP contribution in [0.3, 0.4) is 0 Å². The van der Waals surface area contributed by atoms with Gasteiger partial charge in [-0.1, -0.05) is 64.7 Å². The molecule has 0 rings (SSSR count). The number of carbonyl (C=O) groups is 2. The van der Waals surface area contributed by atoms with Crippen LogP contribution in [-0.2, 0) is 24.7 Å². The Labute approximate surface area is 211 Å². The van der Waals surface area contributed by atoms with E-state index in [1.54, 1.807) is 0 Å². The molecule has 0 bridgehead atoms. The molecular formula is C17H36KNO8S. The molecule has 0 saturated heterocycles. The molecule has 0 aromatic rings. The molecule has 0 amide bonds. The fourth-order valence-electron chi connectivity index (χ4n) is 2.24. The van der Waals surface area contributed by atoms with Crippen LogP contribution in [0.15, 0.2) is 0 Å². The molecule has 0 aromatic carbocycles. The molecule has 9 nitrogen and oxygen atoms in total. The number of hydrogen-bond donors (Lipinski definition) is 4. The number of unbranched alkanes of at least 4 members (excludes halogenated alkanes) is 9. The van der Waals surface area contributed by atoms with Crippen molar-refractivity contribution in [3.8, 4) is 0 Å². The Balaban J connectivity index is -0.000000918. The molecule has 0 aliphatic rings. The monoisotopic (exact) mass is 453 g/mol. The van der Waals surface area contributed by atoms with Crippen LogP contribution in [0.2, 0.25) is 0 Å². The summed E-state index contributed by atoms with van der Waals surface area (Å²) < 4.78 is 36.6. The maximum absolute atomic E-state index is 11.4. The molecule has 0 aromatic heterocycles. The topological polar surface area (TPSA) is 164 Å². The Hall–Kier alpha value is 0.406. The van der Waals surface area contributed by atoms with Crippen LogP contribution in [0.25, 0.3) is 0 Å². The molecule has 28 heavy (non-hydrogen) atoms. The van der Waals surface area contributed by atoms with Crippen molar-refractivity contribution >= 4 is 73.7 Å². The number of ether oxygens (including phenoxy) is 1. The van der Waals surface area contributed by atoms with Gasteiger partial charge in [0.1, 0.15) is 6.04 Å². The Morgan fingerprint density at radius 2 is 1.32 bits per heavy atom. The van der Waals surface area contributed by atoms with Crippen molar-refractivity contribution in [2.75, 3.05) is 6.61 Å². The third-order valence-electron chi connectivity index (χ3n) is 3.74. The summed E-state index contributed by atoms with van der Waals surface area (Å²) in [6.45, 7) is 2.66. The van der Waals surface area contributed by atoms with Crippen molar-refractivity contribution in [3.63, 3.8) is 0 Å². The van der Waals surface area contributed by atoms with E-state index in [2.05, 4.69) is 6.92 Å². The first-order valence-electron chi connectivity index (χ1n) is 9.41. The number of rotatable bonds is 15. The van der Waals surface area contributed by atoms with Crippen LogP contribution in [0, 0.1) is 0 Å². The first-order chi connectivity index (χ1) is 12.6. The van der Waals surface area contributed by atoms with Crippen molar-refractivity contribution < 1.29 is 37.0 Å². The van der Waals surface area contributed by atoms with Crippen LogP contribution in [0.4, 0.5) is 0 Å². The molecule has 0 radical (unpaired) electrons. The van der Waals surface area contributed by atoms with Gasteiger partial charge in [-0.05, 0) is 12.8 Å². The van der Waals surface area contributed by atoms with E-state index >= 15 is 0 Å². The normalized spacial score (nSPS) is 11.6. The van der Waals surface area contributed by atoms with E-state index in [9.17, 15) is 9.59 Å². The molecular weight excluding hydrogens is 417 g/mol. The maximum atomic E-state index is 11.4. The van der Waals surface area contributed by atoms with Gasteiger partial charge < -0.3 is 15.6 Å². The summed E-state index contributed by atoms with van der Waals surface area (Å²) in [5, 5.41) is 8.59. The van der Waals surface area contributed by atoms with Crippen molar-refractivity contribution in [2.45, 2.75) is 90.0 Å². The predicted octanol–water partition coefficient (Wildman–Crippen LogP) is 2.34. The summed E-state index contributed by atoms with van der Waals surface area (Å²) >= 11 is 0. The molecule has 0 fully saturated rings. The number of carboxylic acid groups (broad SMARTS) is 1. The summed E-state index contributed by atoms with van der Waals surface area (Å²) in [4.78, 5) is 21.9. The summed E-state index contributed by atoms with van der Waals surface area (Å²) in [6, 6.07) is -0.982. The zero-order valence-electron chi connectivity index (χ0n) is 16.1. The molecule has 0 aliphatic heterocycles. The number of carbonyl (C=O) groups excluding carboxylic acids is 1. The molecule has 0 aliphatic carbocycles. The van der Waals surface area contributed by atoms with Gasteiger partial charge in [0.25, 0.3) is 0 Å². The van der Waals surface area contributed by atoms with Gasteiger partial charge in [0.05, 0.1) is 6.61 Å². The van der Waals surface area contributed by atoms with E-state index in [1.165, 1.54) is 51.4 Å². The summed E-state index contributed by atoms with van der Waals surface area (Å²) in [7, 11) is -4.67. The Bertz CT molecular complexity index is 480. The van der Waals surface area contributed by atoms with Crippen molar-refractivity contribution in [2.24, 2.45) is 5.73 Å².